The molecule has 1 heterocycles. The zero-order chi connectivity index (χ0) is 14.7. The Balaban J connectivity index is 2.60. The van der Waals surface area contributed by atoms with Crippen LogP contribution in [0.25, 0.3) is 10.9 Å². The summed E-state index contributed by atoms with van der Waals surface area (Å²) in [5, 5.41) is 0.922. The first kappa shape index (κ1) is 14.1. The number of carbonyl (C=O) groups is 1. The maximum atomic E-state index is 12.0. The van der Waals surface area contributed by atoms with Crippen LogP contribution < -0.4 is 0 Å². The normalized spacial score (nSPS) is 11.2. The molecule has 5 heteroatoms. The van der Waals surface area contributed by atoms with Crippen molar-refractivity contribution in [2.24, 2.45) is 4.99 Å². The average molecular weight is 273 g/mol. The predicted molar refractivity (Wildman–Crippen MR) is 80.8 cm³/mol. The van der Waals surface area contributed by atoms with Crippen LogP contribution in [0, 0.1) is 6.92 Å². The van der Waals surface area contributed by atoms with Gasteiger partial charge in [0.15, 0.2) is 5.69 Å². The minimum atomic E-state index is -0.382. The van der Waals surface area contributed by atoms with Crippen molar-refractivity contribution in [2.45, 2.75) is 13.8 Å². The molecule has 0 spiro atoms. The summed E-state index contributed by atoms with van der Waals surface area (Å²) in [7, 11) is 3.77. The van der Waals surface area contributed by atoms with Crippen LogP contribution in [0.3, 0.4) is 0 Å². The highest BCUT2D eigenvalue weighted by atomic mass is 16.5. The van der Waals surface area contributed by atoms with E-state index < -0.39 is 0 Å². The molecule has 0 aliphatic carbocycles. The van der Waals surface area contributed by atoms with Gasteiger partial charge in [0.1, 0.15) is 5.69 Å². The van der Waals surface area contributed by atoms with Crippen LogP contribution in [0.5, 0.6) is 0 Å². The lowest BCUT2D eigenvalue weighted by Crippen LogP contribution is -2.08. The van der Waals surface area contributed by atoms with Crippen molar-refractivity contribution in [3.05, 3.63) is 29.5 Å². The SMILES string of the molecule is CCOC(=O)c1[nH]c2ccc(C)cc2c1N=CN(C)C. The molecule has 20 heavy (non-hydrogen) atoms. The molecule has 0 aliphatic heterocycles. The first-order valence-electron chi connectivity index (χ1n) is 6.53. The van der Waals surface area contributed by atoms with Gasteiger partial charge in [0.25, 0.3) is 0 Å². The van der Waals surface area contributed by atoms with Gasteiger partial charge in [0.2, 0.25) is 0 Å². The number of esters is 1. The number of benzene rings is 1. The van der Waals surface area contributed by atoms with Crippen LogP contribution in [0.4, 0.5) is 5.69 Å². The zero-order valence-electron chi connectivity index (χ0n) is 12.2. The van der Waals surface area contributed by atoms with Gasteiger partial charge in [0, 0.05) is 25.0 Å². The van der Waals surface area contributed by atoms with Crippen LogP contribution >= 0.6 is 0 Å². The highest BCUT2D eigenvalue weighted by Gasteiger charge is 2.18. The van der Waals surface area contributed by atoms with E-state index in [1.165, 1.54) is 0 Å². The monoisotopic (exact) mass is 273 g/mol. The quantitative estimate of drug-likeness (QED) is 0.529. The van der Waals surface area contributed by atoms with E-state index in [0.29, 0.717) is 18.0 Å². The molecule has 0 radical (unpaired) electrons. The fraction of sp³-hybridized carbons (Fsp3) is 0.333. The van der Waals surface area contributed by atoms with Gasteiger partial charge in [-0.3, -0.25) is 0 Å². The van der Waals surface area contributed by atoms with Gasteiger partial charge in [-0.1, -0.05) is 11.6 Å². The Morgan fingerprint density at radius 3 is 2.85 bits per heavy atom. The number of nitrogens with zero attached hydrogens (tertiary/aromatic N) is 2. The Kier molecular flexibility index (Phi) is 4.08. The van der Waals surface area contributed by atoms with E-state index in [2.05, 4.69) is 9.98 Å². The summed E-state index contributed by atoms with van der Waals surface area (Å²) in [5.74, 6) is -0.382. The summed E-state index contributed by atoms with van der Waals surface area (Å²) in [5.41, 5.74) is 3.01. The number of H-pyrrole nitrogens is 1. The molecular weight excluding hydrogens is 254 g/mol. The third kappa shape index (κ3) is 2.82. The average Bonchev–Trinajstić information content (AvgIpc) is 2.74. The second-order valence-corrected chi connectivity index (χ2v) is 4.83. The number of nitrogens with one attached hydrogen (secondary N) is 1. The molecule has 2 aromatic rings. The largest absolute Gasteiger partial charge is 0.461 e. The first-order chi connectivity index (χ1) is 9.52. The molecule has 5 nitrogen and oxygen atoms in total. The minimum Gasteiger partial charge on any atom is -0.461 e. The van der Waals surface area contributed by atoms with E-state index >= 15 is 0 Å². The highest BCUT2D eigenvalue weighted by Crippen LogP contribution is 2.31. The van der Waals surface area contributed by atoms with E-state index in [4.69, 9.17) is 4.74 Å². The number of fused-ring (bicyclic) bond motifs is 1. The van der Waals surface area contributed by atoms with E-state index in [1.54, 1.807) is 13.3 Å². The smallest absolute Gasteiger partial charge is 0.357 e. The van der Waals surface area contributed by atoms with Crippen molar-refractivity contribution >= 4 is 28.9 Å². The molecule has 2 rings (SSSR count). The Morgan fingerprint density at radius 1 is 1.45 bits per heavy atom. The number of aliphatic imine (C=N–C) groups is 1. The van der Waals surface area contributed by atoms with Crippen molar-refractivity contribution < 1.29 is 9.53 Å². The number of aromatic nitrogens is 1. The zero-order valence-corrected chi connectivity index (χ0v) is 12.2. The summed E-state index contributed by atoms with van der Waals surface area (Å²) in [6.45, 7) is 4.13. The van der Waals surface area contributed by atoms with Gasteiger partial charge in [-0.15, -0.1) is 0 Å². The van der Waals surface area contributed by atoms with E-state index in [1.807, 2.05) is 44.1 Å². The maximum Gasteiger partial charge on any atom is 0.357 e. The van der Waals surface area contributed by atoms with Crippen LogP contribution in [0.15, 0.2) is 23.2 Å². The molecule has 1 aromatic carbocycles. The van der Waals surface area contributed by atoms with Crippen molar-refractivity contribution in [2.75, 3.05) is 20.7 Å². The molecule has 0 bridgehead atoms. The summed E-state index contributed by atoms with van der Waals surface area (Å²) in [6, 6.07) is 5.95. The molecule has 0 amide bonds. The van der Waals surface area contributed by atoms with Crippen molar-refractivity contribution in [3.8, 4) is 0 Å². The molecule has 0 unspecified atom stereocenters. The highest BCUT2D eigenvalue weighted by molar-refractivity contribution is 6.05. The number of hydrogen-bond acceptors (Lipinski definition) is 3. The fourth-order valence-electron chi connectivity index (χ4n) is 1.95. The fourth-order valence-corrected chi connectivity index (χ4v) is 1.95. The predicted octanol–water partition coefficient (Wildman–Crippen LogP) is 2.87. The molecule has 1 aromatic heterocycles. The topological polar surface area (TPSA) is 57.7 Å². The third-order valence-electron chi connectivity index (χ3n) is 2.82. The molecule has 0 saturated heterocycles. The summed E-state index contributed by atoms with van der Waals surface area (Å²) in [6.07, 6.45) is 1.67. The molecule has 0 fully saturated rings. The Bertz CT molecular complexity index is 656. The number of aromatic amines is 1. The van der Waals surface area contributed by atoms with E-state index in [0.717, 1.165) is 16.5 Å². The molecular formula is C15H19N3O2. The van der Waals surface area contributed by atoms with Crippen molar-refractivity contribution in [3.63, 3.8) is 0 Å². The second-order valence-electron chi connectivity index (χ2n) is 4.83. The Hall–Kier alpha value is -2.30. The number of carbonyl (C=O) groups excluding carboxylic acids is 1. The summed E-state index contributed by atoms with van der Waals surface area (Å²) < 4.78 is 5.08. The third-order valence-corrected chi connectivity index (χ3v) is 2.82. The molecule has 0 saturated carbocycles. The van der Waals surface area contributed by atoms with Crippen molar-refractivity contribution in [1.82, 2.24) is 9.88 Å². The summed E-state index contributed by atoms with van der Waals surface area (Å²) in [4.78, 5) is 21.3. The second kappa shape index (κ2) is 5.77. The lowest BCUT2D eigenvalue weighted by atomic mass is 10.1. The van der Waals surface area contributed by atoms with E-state index in [-0.39, 0.29) is 5.97 Å². The molecule has 1 N–H and O–H groups in total. The Labute approximate surface area is 118 Å². The van der Waals surface area contributed by atoms with Gasteiger partial charge in [-0.2, -0.15) is 0 Å². The Morgan fingerprint density at radius 2 is 2.20 bits per heavy atom. The number of ether oxygens (including phenoxy) is 1. The van der Waals surface area contributed by atoms with Gasteiger partial charge in [0.05, 0.1) is 12.9 Å². The number of hydrogen-bond donors (Lipinski definition) is 1. The molecule has 0 atom stereocenters. The first-order valence-corrected chi connectivity index (χ1v) is 6.53. The van der Waals surface area contributed by atoms with Crippen molar-refractivity contribution in [1.29, 1.82) is 0 Å². The van der Waals surface area contributed by atoms with E-state index in [9.17, 15) is 4.79 Å². The molecule has 0 aliphatic rings. The van der Waals surface area contributed by atoms with Gasteiger partial charge >= 0.3 is 5.97 Å². The van der Waals surface area contributed by atoms with Gasteiger partial charge in [-0.25, -0.2) is 9.79 Å². The number of aryl methyl sites for hydroxylation is 1. The molecule has 106 valence electrons. The van der Waals surface area contributed by atoms with Crippen LogP contribution in [0.1, 0.15) is 23.0 Å². The minimum absolute atomic E-state index is 0.337. The van der Waals surface area contributed by atoms with Crippen LogP contribution in [0.2, 0.25) is 0 Å². The van der Waals surface area contributed by atoms with Crippen LogP contribution in [-0.2, 0) is 4.74 Å². The number of rotatable bonds is 4. The standard InChI is InChI=1S/C15H19N3O2/c1-5-20-15(19)14-13(16-9-18(3)4)11-8-10(2)6-7-12(11)17-14/h6-9,17H,5H2,1-4H3. The maximum absolute atomic E-state index is 12.0. The summed E-state index contributed by atoms with van der Waals surface area (Å²) >= 11 is 0. The lowest BCUT2D eigenvalue weighted by Gasteiger charge is -2.04. The lowest BCUT2D eigenvalue weighted by molar-refractivity contribution is 0.0521. The van der Waals surface area contributed by atoms with Gasteiger partial charge in [-0.05, 0) is 26.0 Å². The van der Waals surface area contributed by atoms with Crippen LogP contribution in [-0.4, -0.2) is 42.9 Å². The van der Waals surface area contributed by atoms with Gasteiger partial charge < -0.3 is 14.6 Å².